The first-order valence-electron chi connectivity index (χ1n) is 9.61. The normalized spacial score (nSPS) is 16.5. The summed E-state index contributed by atoms with van der Waals surface area (Å²) in [6, 6.07) is 17.3. The van der Waals surface area contributed by atoms with Gasteiger partial charge >= 0.3 is 0 Å². The number of para-hydroxylation sites is 1. The van der Waals surface area contributed by atoms with Crippen LogP contribution in [0.1, 0.15) is 22.1 Å². The molecule has 2 N–H and O–H groups in total. The number of benzene rings is 3. The molecule has 1 atom stereocenters. The van der Waals surface area contributed by atoms with E-state index in [1.807, 2.05) is 12.1 Å². The van der Waals surface area contributed by atoms with Crippen molar-refractivity contribution in [1.29, 1.82) is 0 Å². The number of carbonyl (C=O) groups is 1. The fourth-order valence-electron chi connectivity index (χ4n) is 3.87. The fourth-order valence-corrected chi connectivity index (χ4v) is 3.87. The van der Waals surface area contributed by atoms with Gasteiger partial charge in [0.05, 0.1) is 16.2 Å². The molecule has 9 nitrogen and oxygen atoms in total. The van der Waals surface area contributed by atoms with Crippen molar-refractivity contribution in [3.05, 3.63) is 81.9 Å². The molecule has 2 aliphatic rings. The predicted molar refractivity (Wildman–Crippen MR) is 115 cm³/mol. The number of nitrogens with one attached hydrogen (secondary N) is 2. The van der Waals surface area contributed by atoms with Gasteiger partial charge in [0.25, 0.3) is 11.6 Å². The van der Waals surface area contributed by atoms with Crippen LogP contribution in [0.5, 0.6) is 11.5 Å². The number of nitrogens with zero attached hydrogens (tertiary/aromatic N) is 2. The average Bonchev–Trinajstić information content (AvgIpc) is 3.26. The van der Waals surface area contributed by atoms with E-state index in [9.17, 15) is 14.9 Å². The number of anilines is 3. The van der Waals surface area contributed by atoms with Crippen LogP contribution in [0.15, 0.2) is 60.7 Å². The Hall–Kier alpha value is -4.27. The molecule has 9 heteroatoms. The topological polar surface area (TPSA) is 106 Å². The highest BCUT2D eigenvalue weighted by molar-refractivity contribution is 6.12. The molecule has 0 aliphatic carbocycles. The summed E-state index contributed by atoms with van der Waals surface area (Å²) in [4.78, 5) is 26.2. The zero-order chi connectivity index (χ0) is 21.5. The summed E-state index contributed by atoms with van der Waals surface area (Å²) in [6.45, 7) is 0.120. The Bertz CT molecular complexity index is 1210. The van der Waals surface area contributed by atoms with Gasteiger partial charge in [-0.05, 0) is 30.3 Å². The van der Waals surface area contributed by atoms with Gasteiger partial charge in [0, 0.05) is 30.4 Å². The molecule has 0 saturated heterocycles. The molecular formula is C22H18N4O5. The van der Waals surface area contributed by atoms with E-state index < -0.39 is 11.1 Å². The molecule has 1 amide bonds. The number of nitro groups is 1. The van der Waals surface area contributed by atoms with Crippen LogP contribution in [-0.2, 0) is 0 Å². The molecular weight excluding hydrogens is 400 g/mol. The van der Waals surface area contributed by atoms with Crippen molar-refractivity contribution in [3.8, 4) is 11.5 Å². The smallest absolute Gasteiger partial charge is 0.292 e. The van der Waals surface area contributed by atoms with Gasteiger partial charge < -0.3 is 20.1 Å². The highest BCUT2D eigenvalue weighted by Crippen LogP contribution is 2.42. The van der Waals surface area contributed by atoms with Crippen LogP contribution in [0.3, 0.4) is 0 Å². The first kappa shape index (κ1) is 18.7. The Kier molecular flexibility index (Phi) is 4.36. The van der Waals surface area contributed by atoms with E-state index in [-0.39, 0.29) is 18.4 Å². The van der Waals surface area contributed by atoms with Gasteiger partial charge in [-0.3, -0.25) is 19.8 Å². The number of amides is 1. The van der Waals surface area contributed by atoms with Crippen molar-refractivity contribution < 1.29 is 19.2 Å². The lowest BCUT2D eigenvalue weighted by Crippen LogP contribution is -2.43. The standard InChI is InChI=1S/C22H18N4O5/c1-23-17-8-6-13(10-18(17)26(28)29)21-24-16-5-3-2-4-15(16)22(27)25(21)14-7-9-19-20(11-14)31-12-30-19/h2-11,21,23-24H,12H2,1H3/t21-/m1/s1. The van der Waals surface area contributed by atoms with Gasteiger partial charge in [0.2, 0.25) is 6.79 Å². The van der Waals surface area contributed by atoms with E-state index >= 15 is 0 Å². The molecule has 5 rings (SSSR count). The number of carbonyl (C=O) groups excluding carboxylic acids is 1. The van der Waals surface area contributed by atoms with Crippen LogP contribution in [0.25, 0.3) is 0 Å². The zero-order valence-electron chi connectivity index (χ0n) is 16.5. The number of hydrogen-bond acceptors (Lipinski definition) is 7. The quantitative estimate of drug-likeness (QED) is 0.485. The summed E-state index contributed by atoms with van der Waals surface area (Å²) in [5.74, 6) is 0.921. The lowest BCUT2D eigenvalue weighted by molar-refractivity contribution is -0.384. The van der Waals surface area contributed by atoms with Crippen LogP contribution in [0.2, 0.25) is 0 Å². The maximum atomic E-state index is 13.5. The Morgan fingerprint density at radius 3 is 2.71 bits per heavy atom. The molecule has 0 aromatic heterocycles. The van der Waals surface area contributed by atoms with Crippen LogP contribution in [0.4, 0.5) is 22.7 Å². The van der Waals surface area contributed by atoms with Crippen LogP contribution in [0, 0.1) is 10.1 Å². The molecule has 0 saturated carbocycles. The van der Waals surface area contributed by atoms with Crippen molar-refractivity contribution in [2.45, 2.75) is 6.17 Å². The lowest BCUT2D eigenvalue weighted by Gasteiger charge is -2.38. The van der Waals surface area contributed by atoms with Crippen molar-refractivity contribution in [2.75, 3.05) is 29.4 Å². The second-order valence-corrected chi connectivity index (χ2v) is 7.09. The van der Waals surface area contributed by atoms with Crippen LogP contribution in [-0.4, -0.2) is 24.7 Å². The van der Waals surface area contributed by atoms with Gasteiger partial charge in [0.1, 0.15) is 11.9 Å². The summed E-state index contributed by atoms with van der Waals surface area (Å²) in [7, 11) is 1.62. The largest absolute Gasteiger partial charge is 0.454 e. The minimum absolute atomic E-state index is 0.0706. The van der Waals surface area contributed by atoms with E-state index in [0.717, 1.165) is 0 Å². The van der Waals surface area contributed by atoms with Gasteiger partial charge in [-0.1, -0.05) is 18.2 Å². The SMILES string of the molecule is CNc1ccc([C@@H]2Nc3ccccc3C(=O)N2c2ccc3c(c2)OCO3)cc1[N+](=O)[O-]. The minimum atomic E-state index is -0.660. The summed E-state index contributed by atoms with van der Waals surface area (Å²) < 4.78 is 10.9. The van der Waals surface area contributed by atoms with Gasteiger partial charge in [-0.2, -0.15) is 0 Å². The molecule has 156 valence electrons. The molecule has 3 aromatic carbocycles. The summed E-state index contributed by atoms with van der Waals surface area (Å²) in [6.07, 6.45) is -0.660. The molecule has 0 unspecified atom stereocenters. The average molecular weight is 418 g/mol. The molecule has 3 aromatic rings. The summed E-state index contributed by atoms with van der Waals surface area (Å²) >= 11 is 0. The molecule has 0 fully saturated rings. The minimum Gasteiger partial charge on any atom is -0.454 e. The maximum Gasteiger partial charge on any atom is 0.292 e. The van der Waals surface area contributed by atoms with Crippen molar-refractivity contribution >= 4 is 28.7 Å². The Balaban J connectivity index is 1.66. The van der Waals surface area contributed by atoms with Gasteiger partial charge in [0.15, 0.2) is 11.5 Å². The second kappa shape index (κ2) is 7.21. The fraction of sp³-hybridized carbons (Fsp3) is 0.136. The van der Waals surface area contributed by atoms with Crippen LogP contribution < -0.4 is 25.0 Å². The van der Waals surface area contributed by atoms with E-state index in [0.29, 0.717) is 39.7 Å². The van der Waals surface area contributed by atoms with E-state index in [1.165, 1.54) is 6.07 Å². The lowest BCUT2D eigenvalue weighted by atomic mass is 10.0. The van der Waals surface area contributed by atoms with Crippen molar-refractivity contribution in [2.24, 2.45) is 0 Å². The third-order valence-corrected chi connectivity index (χ3v) is 5.36. The zero-order valence-corrected chi connectivity index (χ0v) is 16.5. The molecule has 0 bridgehead atoms. The third kappa shape index (κ3) is 3.07. The van der Waals surface area contributed by atoms with E-state index in [4.69, 9.17) is 9.47 Å². The number of fused-ring (bicyclic) bond motifs is 2. The first-order valence-corrected chi connectivity index (χ1v) is 9.61. The summed E-state index contributed by atoms with van der Waals surface area (Å²) in [5.41, 5.74) is 2.66. The molecule has 0 radical (unpaired) electrons. The molecule has 0 spiro atoms. The Labute approximate surface area is 177 Å². The van der Waals surface area contributed by atoms with Crippen molar-refractivity contribution in [1.82, 2.24) is 0 Å². The Morgan fingerprint density at radius 2 is 1.90 bits per heavy atom. The monoisotopic (exact) mass is 418 g/mol. The molecule has 31 heavy (non-hydrogen) atoms. The molecule has 2 heterocycles. The van der Waals surface area contributed by atoms with Crippen LogP contribution >= 0.6 is 0 Å². The maximum absolute atomic E-state index is 13.5. The Morgan fingerprint density at radius 1 is 1.10 bits per heavy atom. The summed E-state index contributed by atoms with van der Waals surface area (Å²) in [5, 5.41) is 17.8. The number of rotatable bonds is 4. The van der Waals surface area contributed by atoms with E-state index in [1.54, 1.807) is 54.4 Å². The third-order valence-electron chi connectivity index (χ3n) is 5.36. The highest BCUT2D eigenvalue weighted by Gasteiger charge is 2.35. The first-order chi connectivity index (χ1) is 15.1. The second-order valence-electron chi connectivity index (χ2n) is 7.09. The van der Waals surface area contributed by atoms with Gasteiger partial charge in [-0.15, -0.1) is 0 Å². The number of ether oxygens (including phenoxy) is 2. The van der Waals surface area contributed by atoms with E-state index in [2.05, 4.69) is 10.6 Å². The number of nitro benzene ring substituents is 1. The number of hydrogen-bond donors (Lipinski definition) is 2. The molecule has 2 aliphatic heterocycles. The van der Waals surface area contributed by atoms with Gasteiger partial charge in [-0.25, -0.2) is 0 Å². The highest BCUT2D eigenvalue weighted by atomic mass is 16.7. The van der Waals surface area contributed by atoms with Crippen molar-refractivity contribution in [3.63, 3.8) is 0 Å². The predicted octanol–water partition coefficient (Wildman–Crippen LogP) is 4.14.